The van der Waals surface area contributed by atoms with Crippen molar-refractivity contribution in [2.75, 3.05) is 23.4 Å². The van der Waals surface area contributed by atoms with E-state index in [0.29, 0.717) is 12.2 Å². The molecule has 1 aromatic heterocycles. The fourth-order valence-corrected chi connectivity index (χ4v) is 2.06. The van der Waals surface area contributed by atoms with Crippen LogP contribution in [0.5, 0.6) is 0 Å². The molecule has 1 aliphatic rings. The van der Waals surface area contributed by atoms with Gasteiger partial charge in [0.15, 0.2) is 0 Å². The van der Waals surface area contributed by atoms with Crippen LogP contribution >= 0.6 is 0 Å². The average Bonchev–Trinajstić information content (AvgIpc) is 3.16. The quantitative estimate of drug-likeness (QED) is 0.890. The minimum Gasteiger partial charge on any atom is -0.447 e. The molecular weight excluding hydrogens is 331 g/mol. The topological polar surface area (TPSA) is 100 Å². The third-order valence-electron chi connectivity index (χ3n) is 3.16. The fourth-order valence-electron chi connectivity index (χ4n) is 2.06. The van der Waals surface area contributed by atoms with Gasteiger partial charge in [0.2, 0.25) is 11.8 Å². The lowest BCUT2D eigenvalue weighted by Crippen LogP contribution is -2.23. The summed E-state index contributed by atoms with van der Waals surface area (Å²) < 4.78 is 42.1. The van der Waals surface area contributed by atoms with Gasteiger partial charge in [-0.2, -0.15) is 18.2 Å². The Hall–Kier alpha value is -3.11. The van der Waals surface area contributed by atoms with Crippen LogP contribution in [0.2, 0.25) is 0 Å². The first kappa shape index (κ1) is 15.8. The molecule has 2 heterocycles. The number of hydrogen-bond acceptors (Lipinski definition) is 5. The standard InChI is InChI=1S/C13H10F3N5O3/c14-13(15,16)10-18-11(20-19-10)17-9(22)7-2-1-3-8(6-7)21-4-5-24-12(21)23/h1-3,6H,4-5H2,(H2,17,18,19,20,22). The Morgan fingerprint density at radius 2 is 2.17 bits per heavy atom. The molecule has 0 spiro atoms. The van der Waals surface area contributed by atoms with Crippen molar-refractivity contribution in [3.05, 3.63) is 35.7 Å². The maximum atomic E-state index is 12.4. The van der Waals surface area contributed by atoms with Gasteiger partial charge in [-0.05, 0) is 18.2 Å². The molecule has 8 nitrogen and oxygen atoms in total. The Labute approximate surface area is 132 Å². The second-order valence-corrected chi connectivity index (χ2v) is 4.78. The predicted molar refractivity (Wildman–Crippen MR) is 74.5 cm³/mol. The smallest absolute Gasteiger partial charge is 0.447 e. The van der Waals surface area contributed by atoms with E-state index >= 15 is 0 Å². The van der Waals surface area contributed by atoms with E-state index in [2.05, 4.69) is 15.4 Å². The van der Waals surface area contributed by atoms with E-state index < -0.39 is 29.9 Å². The minimum absolute atomic E-state index is 0.130. The largest absolute Gasteiger partial charge is 0.451 e. The summed E-state index contributed by atoms with van der Waals surface area (Å²) in [5.74, 6) is -2.53. The zero-order valence-corrected chi connectivity index (χ0v) is 11.9. The second kappa shape index (κ2) is 5.83. The van der Waals surface area contributed by atoms with Crippen molar-refractivity contribution < 1.29 is 27.5 Å². The number of nitrogens with one attached hydrogen (secondary N) is 2. The van der Waals surface area contributed by atoms with Gasteiger partial charge in [-0.25, -0.2) is 4.79 Å². The second-order valence-electron chi connectivity index (χ2n) is 4.78. The number of benzene rings is 1. The molecule has 1 saturated heterocycles. The first-order chi connectivity index (χ1) is 11.3. The summed E-state index contributed by atoms with van der Waals surface area (Å²) in [6.07, 6.45) is -5.22. The molecule has 0 unspecified atom stereocenters. The number of hydrogen-bond donors (Lipinski definition) is 2. The van der Waals surface area contributed by atoms with Crippen LogP contribution < -0.4 is 10.2 Å². The zero-order chi connectivity index (χ0) is 17.3. The number of amides is 2. The fraction of sp³-hybridized carbons (Fsp3) is 0.231. The number of H-pyrrole nitrogens is 1. The number of aromatic amines is 1. The Bertz CT molecular complexity index is 789. The molecule has 1 fully saturated rings. The summed E-state index contributed by atoms with van der Waals surface area (Å²) in [6.45, 7) is 0.590. The van der Waals surface area contributed by atoms with Crippen LogP contribution in [0.3, 0.4) is 0 Å². The zero-order valence-electron chi connectivity index (χ0n) is 11.9. The third-order valence-corrected chi connectivity index (χ3v) is 3.16. The number of rotatable bonds is 3. The summed E-state index contributed by atoms with van der Waals surface area (Å²) in [5.41, 5.74) is 0.571. The summed E-state index contributed by atoms with van der Waals surface area (Å²) in [4.78, 5) is 28.1. The van der Waals surface area contributed by atoms with Crippen molar-refractivity contribution >= 4 is 23.6 Å². The molecule has 0 atom stereocenters. The van der Waals surface area contributed by atoms with E-state index in [1.165, 1.54) is 23.1 Å². The molecule has 0 saturated carbocycles. The molecule has 0 aliphatic carbocycles. The Balaban J connectivity index is 1.76. The van der Waals surface area contributed by atoms with Crippen molar-refractivity contribution in [3.63, 3.8) is 0 Å². The molecule has 3 rings (SSSR count). The lowest BCUT2D eigenvalue weighted by molar-refractivity contribution is -0.144. The molecular formula is C13H10F3N5O3. The highest BCUT2D eigenvalue weighted by Gasteiger charge is 2.35. The predicted octanol–water partition coefficient (Wildman–Crippen LogP) is 2.03. The monoisotopic (exact) mass is 341 g/mol. The number of ether oxygens (including phenoxy) is 1. The van der Waals surface area contributed by atoms with Crippen LogP contribution in [-0.4, -0.2) is 40.3 Å². The van der Waals surface area contributed by atoms with Gasteiger partial charge in [-0.1, -0.05) is 6.07 Å². The van der Waals surface area contributed by atoms with Crippen LogP contribution in [0.4, 0.5) is 29.6 Å². The van der Waals surface area contributed by atoms with Crippen molar-refractivity contribution in [2.24, 2.45) is 0 Å². The maximum Gasteiger partial charge on any atom is 0.451 e. The van der Waals surface area contributed by atoms with Gasteiger partial charge in [0.05, 0.1) is 6.54 Å². The van der Waals surface area contributed by atoms with E-state index in [1.807, 2.05) is 0 Å². The number of carbonyl (C=O) groups is 2. The normalized spacial score (nSPS) is 14.6. The van der Waals surface area contributed by atoms with Crippen molar-refractivity contribution in [1.82, 2.24) is 15.2 Å². The Morgan fingerprint density at radius 1 is 1.38 bits per heavy atom. The summed E-state index contributed by atoms with van der Waals surface area (Å²) in [5, 5.41) is 7.13. The lowest BCUT2D eigenvalue weighted by Gasteiger charge is -2.13. The van der Waals surface area contributed by atoms with Crippen LogP contribution in [0.25, 0.3) is 0 Å². The van der Waals surface area contributed by atoms with Crippen LogP contribution in [0.15, 0.2) is 24.3 Å². The molecule has 24 heavy (non-hydrogen) atoms. The third kappa shape index (κ3) is 3.14. The number of nitrogens with zero attached hydrogens (tertiary/aromatic N) is 3. The van der Waals surface area contributed by atoms with Gasteiger partial charge < -0.3 is 4.74 Å². The maximum absolute atomic E-state index is 12.4. The van der Waals surface area contributed by atoms with Gasteiger partial charge >= 0.3 is 12.3 Å². The van der Waals surface area contributed by atoms with Gasteiger partial charge in [-0.3, -0.25) is 20.1 Å². The van der Waals surface area contributed by atoms with E-state index in [4.69, 9.17) is 4.74 Å². The SMILES string of the molecule is O=C(Nc1n[nH]c(C(F)(F)F)n1)c1cccc(N2CCOC2=O)c1. The summed E-state index contributed by atoms with van der Waals surface area (Å²) in [7, 11) is 0. The van der Waals surface area contributed by atoms with Crippen molar-refractivity contribution in [2.45, 2.75) is 6.18 Å². The molecule has 0 radical (unpaired) electrons. The number of anilines is 2. The molecule has 1 aliphatic heterocycles. The number of halogens is 3. The lowest BCUT2D eigenvalue weighted by atomic mass is 10.2. The first-order valence-corrected chi connectivity index (χ1v) is 6.70. The summed E-state index contributed by atoms with van der Waals surface area (Å²) in [6, 6.07) is 6.00. The molecule has 2 aromatic rings. The van der Waals surface area contributed by atoms with E-state index in [-0.39, 0.29) is 12.2 Å². The van der Waals surface area contributed by atoms with Gasteiger partial charge in [0, 0.05) is 11.3 Å². The highest BCUT2D eigenvalue weighted by molar-refractivity contribution is 6.04. The molecule has 2 N–H and O–H groups in total. The first-order valence-electron chi connectivity index (χ1n) is 6.70. The van der Waals surface area contributed by atoms with E-state index in [1.54, 1.807) is 11.2 Å². The van der Waals surface area contributed by atoms with E-state index in [9.17, 15) is 22.8 Å². The Morgan fingerprint density at radius 3 is 2.79 bits per heavy atom. The van der Waals surface area contributed by atoms with Crippen molar-refractivity contribution in [1.29, 1.82) is 0 Å². The highest BCUT2D eigenvalue weighted by Crippen LogP contribution is 2.26. The van der Waals surface area contributed by atoms with Crippen LogP contribution in [-0.2, 0) is 10.9 Å². The van der Waals surface area contributed by atoms with Crippen LogP contribution in [0.1, 0.15) is 16.2 Å². The molecule has 1 aromatic carbocycles. The van der Waals surface area contributed by atoms with Gasteiger partial charge in [0.25, 0.3) is 5.91 Å². The highest BCUT2D eigenvalue weighted by atomic mass is 19.4. The number of cyclic esters (lactones) is 1. The molecule has 2 amide bonds. The van der Waals surface area contributed by atoms with Gasteiger partial charge in [-0.15, -0.1) is 5.10 Å². The van der Waals surface area contributed by atoms with Crippen molar-refractivity contribution in [3.8, 4) is 0 Å². The minimum atomic E-state index is -4.69. The molecule has 126 valence electrons. The number of alkyl halides is 3. The summed E-state index contributed by atoms with van der Waals surface area (Å²) >= 11 is 0. The molecule has 0 bridgehead atoms. The van der Waals surface area contributed by atoms with Crippen LogP contribution in [0, 0.1) is 0 Å². The van der Waals surface area contributed by atoms with E-state index in [0.717, 1.165) is 0 Å². The average molecular weight is 341 g/mol. The molecule has 11 heteroatoms. The number of carbonyl (C=O) groups excluding carboxylic acids is 2. The van der Waals surface area contributed by atoms with Gasteiger partial charge in [0.1, 0.15) is 6.61 Å². The Kier molecular flexibility index (Phi) is 3.83. The number of aromatic nitrogens is 3.